The van der Waals surface area contributed by atoms with E-state index in [1.54, 1.807) is 7.11 Å². The second-order valence-electron chi connectivity index (χ2n) is 4.44. The second kappa shape index (κ2) is 4.68. The zero-order chi connectivity index (χ0) is 12.4. The zero-order valence-corrected chi connectivity index (χ0v) is 10.2. The van der Waals surface area contributed by atoms with Crippen LogP contribution in [0.2, 0.25) is 0 Å². The van der Waals surface area contributed by atoms with E-state index in [1.165, 1.54) is 12.8 Å². The van der Waals surface area contributed by atoms with Crippen molar-refractivity contribution in [2.24, 2.45) is 0 Å². The molecule has 1 N–H and O–H groups in total. The highest BCUT2D eigenvalue weighted by Crippen LogP contribution is 2.24. The van der Waals surface area contributed by atoms with Gasteiger partial charge in [0.2, 0.25) is 5.89 Å². The second-order valence-corrected chi connectivity index (χ2v) is 4.44. The quantitative estimate of drug-likeness (QED) is 0.875. The third-order valence-corrected chi connectivity index (χ3v) is 2.89. The number of rotatable bonds is 5. The maximum absolute atomic E-state index is 5.53. The van der Waals surface area contributed by atoms with Crippen molar-refractivity contribution >= 4 is 6.01 Å². The van der Waals surface area contributed by atoms with Crippen LogP contribution in [0, 0.1) is 0 Å². The van der Waals surface area contributed by atoms with Crippen molar-refractivity contribution in [3.63, 3.8) is 0 Å². The Bertz CT molecular complexity index is 517. The van der Waals surface area contributed by atoms with E-state index in [4.69, 9.17) is 9.15 Å². The number of benzene rings is 1. The van der Waals surface area contributed by atoms with E-state index in [9.17, 15) is 0 Å². The summed E-state index contributed by atoms with van der Waals surface area (Å²) in [7, 11) is 1.66. The average Bonchev–Trinajstić information content (AvgIpc) is 3.10. The number of ether oxygens (including phenoxy) is 1. The third kappa shape index (κ3) is 2.61. The number of hydrogen-bond donors (Lipinski definition) is 1. The van der Waals surface area contributed by atoms with Gasteiger partial charge >= 0.3 is 6.01 Å². The standard InChI is InChI=1S/C13H15N3O2/c1-17-11-6-2-9(3-7-11)8-12-15-16-13(18-12)14-10-4-5-10/h2-3,6-7,10H,4-5,8H2,1H3,(H,14,16). The first-order chi connectivity index (χ1) is 8.83. The van der Waals surface area contributed by atoms with Crippen LogP contribution in [0.3, 0.4) is 0 Å². The van der Waals surface area contributed by atoms with Crippen LogP contribution in [-0.4, -0.2) is 23.3 Å². The molecule has 5 nitrogen and oxygen atoms in total. The van der Waals surface area contributed by atoms with Gasteiger partial charge in [-0.05, 0) is 30.5 Å². The van der Waals surface area contributed by atoms with Crippen LogP contribution in [0.5, 0.6) is 5.75 Å². The normalized spacial score (nSPS) is 14.5. The van der Waals surface area contributed by atoms with E-state index in [-0.39, 0.29) is 0 Å². The van der Waals surface area contributed by atoms with Gasteiger partial charge in [0.25, 0.3) is 0 Å². The van der Waals surface area contributed by atoms with Crippen LogP contribution in [0.15, 0.2) is 28.7 Å². The highest BCUT2D eigenvalue weighted by atomic mass is 16.5. The van der Waals surface area contributed by atoms with E-state index in [0.717, 1.165) is 11.3 Å². The fraction of sp³-hybridized carbons (Fsp3) is 0.385. The lowest BCUT2D eigenvalue weighted by Gasteiger charge is -2.00. The van der Waals surface area contributed by atoms with Gasteiger partial charge in [0.1, 0.15) is 5.75 Å². The van der Waals surface area contributed by atoms with E-state index in [1.807, 2.05) is 24.3 Å². The molecule has 18 heavy (non-hydrogen) atoms. The molecule has 2 aromatic rings. The lowest BCUT2D eigenvalue weighted by molar-refractivity contribution is 0.414. The Labute approximate surface area is 105 Å². The molecule has 1 aliphatic carbocycles. The lowest BCUT2D eigenvalue weighted by atomic mass is 10.1. The van der Waals surface area contributed by atoms with Gasteiger partial charge in [-0.25, -0.2) is 0 Å². The molecule has 1 fully saturated rings. The molecule has 1 aliphatic rings. The molecule has 0 bridgehead atoms. The minimum absolute atomic E-state index is 0.527. The topological polar surface area (TPSA) is 60.2 Å². The summed E-state index contributed by atoms with van der Waals surface area (Å²) in [6.07, 6.45) is 3.02. The largest absolute Gasteiger partial charge is 0.497 e. The summed E-state index contributed by atoms with van der Waals surface area (Å²) >= 11 is 0. The molecule has 0 aliphatic heterocycles. The molecule has 5 heteroatoms. The van der Waals surface area contributed by atoms with Crippen LogP contribution in [0.25, 0.3) is 0 Å². The molecule has 1 aromatic carbocycles. The van der Waals surface area contributed by atoms with Gasteiger partial charge in [-0.1, -0.05) is 17.2 Å². The first-order valence-corrected chi connectivity index (χ1v) is 6.05. The predicted molar refractivity (Wildman–Crippen MR) is 66.7 cm³/mol. The SMILES string of the molecule is COc1ccc(Cc2nnc(NC3CC3)o2)cc1. The molecule has 0 atom stereocenters. The monoisotopic (exact) mass is 245 g/mol. The maximum atomic E-state index is 5.53. The Balaban J connectivity index is 1.64. The lowest BCUT2D eigenvalue weighted by Crippen LogP contribution is -2.00. The zero-order valence-electron chi connectivity index (χ0n) is 10.2. The van der Waals surface area contributed by atoms with Crippen LogP contribution in [0.4, 0.5) is 6.01 Å². The van der Waals surface area contributed by atoms with Gasteiger partial charge in [-0.15, -0.1) is 5.10 Å². The molecule has 0 radical (unpaired) electrons. The fourth-order valence-electron chi connectivity index (χ4n) is 1.70. The molecule has 1 saturated carbocycles. The number of methoxy groups -OCH3 is 1. The van der Waals surface area contributed by atoms with Gasteiger partial charge in [-0.3, -0.25) is 0 Å². The smallest absolute Gasteiger partial charge is 0.315 e. The van der Waals surface area contributed by atoms with Crippen LogP contribution >= 0.6 is 0 Å². The molecule has 94 valence electrons. The van der Waals surface area contributed by atoms with E-state index < -0.39 is 0 Å². The van der Waals surface area contributed by atoms with Gasteiger partial charge in [0.05, 0.1) is 13.5 Å². The Kier molecular flexibility index (Phi) is 2.88. The van der Waals surface area contributed by atoms with E-state index in [0.29, 0.717) is 24.4 Å². The predicted octanol–water partition coefficient (Wildman–Crippen LogP) is 2.24. The molecule has 0 saturated heterocycles. The highest BCUT2D eigenvalue weighted by Gasteiger charge is 2.23. The minimum Gasteiger partial charge on any atom is -0.497 e. The minimum atomic E-state index is 0.527. The van der Waals surface area contributed by atoms with Crippen molar-refractivity contribution < 1.29 is 9.15 Å². The van der Waals surface area contributed by atoms with Crippen molar-refractivity contribution in [3.05, 3.63) is 35.7 Å². The van der Waals surface area contributed by atoms with Gasteiger partial charge in [0.15, 0.2) is 0 Å². The Morgan fingerprint density at radius 3 is 2.72 bits per heavy atom. The van der Waals surface area contributed by atoms with Crippen molar-refractivity contribution in [2.45, 2.75) is 25.3 Å². The summed E-state index contributed by atoms with van der Waals surface area (Å²) < 4.78 is 10.6. The van der Waals surface area contributed by atoms with Gasteiger partial charge in [0, 0.05) is 6.04 Å². The van der Waals surface area contributed by atoms with E-state index in [2.05, 4.69) is 15.5 Å². The average molecular weight is 245 g/mol. The van der Waals surface area contributed by atoms with Crippen molar-refractivity contribution in [1.29, 1.82) is 0 Å². The number of hydrogen-bond acceptors (Lipinski definition) is 5. The number of anilines is 1. The van der Waals surface area contributed by atoms with Gasteiger partial charge in [-0.2, -0.15) is 0 Å². The van der Waals surface area contributed by atoms with Crippen LogP contribution < -0.4 is 10.1 Å². The van der Waals surface area contributed by atoms with Crippen LogP contribution in [0.1, 0.15) is 24.3 Å². The van der Waals surface area contributed by atoms with Crippen molar-refractivity contribution in [2.75, 3.05) is 12.4 Å². The molecular formula is C13H15N3O2. The van der Waals surface area contributed by atoms with Gasteiger partial charge < -0.3 is 14.5 Å². The number of nitrogens with one attached hydrogen (secondary N) is 1. The third-order valence-electron chi connectivity index (χ3n) is 2.89. The Hall–Kier alpha value is -2.04. The Morgan fingerprint density at radius 2 is 2.06 bits per heavy atom. The molecule has 1 aromatic heterocycles. The molecular weight excluding hydrogens is 230 g/mol. The fourth-order valence-corrected chi connectivity index (χ4v) is 1.70. The molecule has 0 spiro atoms. The summed E-state index contributed by atoms with van der Waals surface area (Å²) in [4.78, 5) is 0. The maximum Gasteiger partial charge on any atom is 0.315 e. The highest BCUT2D eigenvalue weighted by molar-refractivity contribution is 5.29. The summed E-state index contributed by atoms with van der Waals surface area (Å²) in [5.41, 5.74) is 1.12. The number of nitrogens with zero attached hydrogens (tertiary/aromatic N) is 2. The summed E-state index contributed by atoms with van der Waals surface area (Å²) in [5.74, 6) is 1.48. The van der Waals surface area contributed by atoms with Crippen molar-refractivity contribution in [3.8, 4) is 5.75 Å². The molecule has 1 heterocycles. The molecule has 3 rings (SSSR count). The first kappa shape index (κ1) is 11.1. The summed E-state index contributed by atoms with van der Waals surface area (Å²) in [6, 6.07) is 8.90. The van der Waals surface area contributed by atoms with E-state index >= 15 is 0 Å². The Morgan fingerprint density at radius 1 is 1.28 bits per heavy atom. The molecule has 0 unspecified atom stereocenters. The summed E-state index contributed by atoms with van der Waals surface area (Å²) in [6.45, 7) is 0. The van der Waals surface area contributed by atoms with Crippen LogP contribution in [-0.2, 0) is 6.42 Å². The summed E-state index contributed by atoms with van der Waals surface area (Å²) in [5, 5.41) is 11.2. The number of aromatic nitrogens is 2. The van der Waals surface area contributed by atoms with Crippen molar-refractivity contribution in [1.82, 2.24) is 10.2 Å². The first-order valence-electron chi connectivity index (χ1n) is 6.05. The molecule has 0 amide bonds.